The molecule has 1 rings (SSSR count). The molecule has 100 valence electrons. The second-order valence-electron chi connectivity index (χ2n) is 4.42. The Balaban J connectivity index is 2.86. The van der Waals surface area contributed by atoms with Gasteiger partial charge in [-0.3, -0.25) is 4.79 Å². The van der Waals surface area contributed by atoms with E-state index in [1.54, 1.807) is 13.0 Å². The van der Waals surface area contributed by atoms with E-state index in [-0.39, 0.29) is 17.4 Å². The van der Waals surface area contributed by atoms with Gasteiger partial charge in [0.25, 0.3) is 0 Å². The molecule has 6 heteroatoms. The van der Waals surface area contributed by atoms with Crippen LogP contribution in [0.4, 0.5) is 0 Å². The van der Waals surface area contributed by atoms with Crippen molar-refractivity contribution in [2.45, 2.75) is 26.7 Å². The molecular formula is C12H17NO4S. The summed E-state index contributed by atoms with van der Waals surface area (Å²) < 4.78 is 5.38. The zero-order valence-corrected chi connectivity index (χ0v) is 11.4. The Morgan fingerprint density at radius 3 is 2.50 bits per heavy atom. The highest BCUT2D eigenvalue weighted by Crippen LogP contribution is 2.34. The van der Waals surface area contributed by atoms with Gasteiger partial charge in [-0.15, -0.1) is 11.3 Å². The highest BCUT2D eigenvalue weighted by atomic mass is 32.1. The average Bonchev–Trinajstić information content (AvgIpc) is 2.69. The van der Waals surface area contributed by atoms with Crippen LogP contribution in [0, 0.1) is 5.92 Å². The highest BCUT2D eigenvalue weighted by Gasteiger charge is 2.19. The Labute approximate surface area is 110 Å². The molecule has 0 bridgehead atoms. The number of carbonyl (C=O) groups excluding carboxylic acids is 1. The molecule has 0 spiro atoms. The molecule has 18 heavy (non-hydrogen) atoms. The van der Waals surface area contributed by atoms with Crippen LogP contribution in [-0.4, -0.2) is 23.6 Å². The number of carbonyl (C=O) groups is 2. The summed E-state index contributed by atoms with van der Waals surface area (Å²) >= 11 is 1.20. The fraction of sp³-hybridized carbons (Fsp3) is 0.500. The van der Waals surface area contributed by atoms with Crippen molar-refractivity contribution in [3.05, 3.63) is 15.8 Å². The van der Waals surface area contributed by atoms with Crippen LogP contribution >= 0.6 is 11.3 Å². The fourth-order valence-electron chi connectivity index (χ4n) is 1.23. The number of primary amides is 1. The number of ether oxygens (including phenoxy) is 1. The molecule has 0 aliphatic carbocycles. The number of thiophene rings is 1. The smallest absolute Gasteiger partial charge is 0.349 e. The second-order valence-corrected chi connectivity index (χ2v) is 5.50. The largest absolute Gasteiger partial charge is 0.491 e. The Morgan fingerprint density at radius 1 is 1.44 bits per heavy atom. The maximum absolute atomic E-state index is 11.1. The Morgan fingerprint density at radius 2 is 2.06 bits per heavy atom. The molecule has 5 nitrogen and oxygen atoms in total. The van der Waals surface area contributed by atoms with Crippen LogP contribution < -0.4 is 10.5 Å². The third kappa shape index (κ3) is 3.46. The monoisotopic (exact) mass is 271 g/mol. The lowest BCUT2D eigenvalue weighted by Gasteiger charge is -2.09. The zero-order chi connectivity index (χ0) is 13.9. The van der Waals surface area contributed by atoms with Gasteiger partial charge >= 0.3 is 5.97 Å². The summed E-state index contributed by atoms with van der Waals surface area (Å²) in [6.07, 6.45) is 0. The van der Waals surface area contributed by atoms with Gasteiger partial charge in [-0.1, -0.05) is 20.8 Å². The van der Waals surface area contributed by atoms with Crippen LogP contribution in [0.15, 0.2) is 6.07 Å². The van der Waals surface area contributed by atoms with Crippen LogP contribution in [-0.2, 0) is 4.79 Å². The minimum Gasteiger partial charge on any atom is -0.491 e. The van der Waals surface area contributed by atoms with Crippen molar-refractivity contribution in [3.8, 4) is 5.75 Å². The summed E-state index contributed by atoms with van der Waals surface area (Å²) in [6, 6.07) is 1.71. The van der Waals surface area contributed by atoms with Crippen LogP contribution in [0.25, 0.3) is 0 Å². The standard InChI is InChI=1S/C12H17NO4S/c1-6(2)9-4-8(10(18-9)12(15)16)17-5-7(3)11(13)14/h4,6-7H,5H2,1-3H3,(H2,13,14)(H,15,16). The van der Waals surface area contributed by atoms with Gasteiger partial charge in [0.2, 0.25) is 5.91 Å². The normalized spacial score (nSPS) is 12.4. The summed E-state index contributed by atoms with van der Waals surface area (Å²) in [6.45, 7) is 5.68. The summed E-state index contributed by atoms with van der Waals surface area (Å²) in [5, 5.41) is 9.07. The number of amides is 1. The molecule has 1 aromatic heterocycles. The molecule has 3 N–H and O–H groups in total. The molecule has 1 aromatic rings. The number of hydrogen-bond donors (Lipinski definition) is 2. The van der Waals surface area contributed by atoms with Crippen LogP contribution in [0.1, 0.15) is 41.2 Å². The maximum atomic E-state index is 11.1. The summed E-state index contributed by atoms with van der Waals surface area (Å²) in [5.74, 6) is -1.39. The second kappa shape index (κ2) is 5.86. The van der Waals surface area contributed by atoms with E-state index in [1.165, 1.54) is 11.3 Å². The van der Waals surface area contributed by atoms with E-state index in [9.17, 15) is 9.59 Å². The third-order valence-electron chi connectivity index (χ3n) is 2.45. The Hall–Kier alpha value is -1.56. The van der Waals surface area contributed by atoms with Crippen molar-refractivity contribution >= 4 is 23.2 Å². The van der Waals surface area contributed by atoms with Crippen LogP contribution in [0.5, 0.6) is 5.75 Å². The molecule has 0 aliphatic heterocycles. The lowest BCUT2D eigenvalue weighted by Crippen LogP contribution is -2.25. The van der Waals surface area contributed by atoms with Crippen molar-refractivity contribution < 1.29 is 19.4 Å². The molecule has 0 aliphatic rings. The first-order valence-corrected chi connectivity index (χ1v) is 6.43. The molecular weight excluding hydrogens is 254 g/mol. The van der Waals surface area contributed by atoms with Crippen molar-refractivity contribution in [1.82, 2.24) is 0 Å². The van der Waals surface area contributed by atoms with E-state index >= 15 is 0 Å². The van der Waals surface area contributed by atoms with Crippen LogP contribution in [0.2, 0.25) is 0 Å². The highest BCUT2D eigenvalue weighted by molar-refractivity contribution is 7.14. The summed E-state index contributed by atoms with van der Waals surface area (Å²) in [7, 11) is 0. The summed E-state index contributed by atoms with van der Waals surface area (Å²) in [4.78, 5) is 23.1. The van der Waals surface area contributed by atoms with Crippen molar-refractivity contribution in [1.29, 1.82) is 0 Å². The van der Waals surface area contributed by atoms with E-state index in [4.69, 9.17) is 15.6 Å². The van der Waals surface area contributed by atoms with E-state index in [1.807, 2.05) is 13.8 Å². The number of carboxylic acid groups (broad SMARTS) is 1. The topological polar surface area (TPSA) is 89.6 Å². The Kier molecular flexibility index (Phi) is 4.72. The number of aromatic carboxylic acids is 1. The molecule has 1 atom stereocenters. The van der Waals surface area contributed by atoms with E-state index in [2.05, 4.69) is 0 Å². The predicted molar refractivity (Wildman–Crippen MR) is 69.2 cm³/mol. The van der Waals surface area contributed by atoms with Gasteiger partial charge in [-0.05, 0) is 12.0 Å². The van der Waals surface area contributed by atoms with Gasteiger partial charge in [0.05, 0.1) is 12.5 Å². The number of hydrogen-bond acceptors (Lipinski definition) is 4. The fourth-order valence-corrected chi connectivity index (χ4v) is 2.17. The molecule has 0 saturated heterocycles. The van der Waals surface area contributed by atoms with Crippen molar-refractivity contribution in [2.24, 2.45) is 11.7 Å². The number of carboxylic acids is 1. The van der Waals surface area contributed by atoms with E-state index < -0.39 is 17.8 Å². The minimum atomic E-state index is -1.02. The molecule has 0 saturated carbocycles. The Bertz CT molecular complexity index is 453. The minimum absolute atomic E-state index is 0.0872. The van der Waals surface area contributed by atoms with Gasteiger partial charge in [0.15, 0.2) is 4.88 Å². The number of rotatable bonds is 6. The van der Waals surface area contributed by atoms with E-state index in [0.717, 1.165) is 4.88 Å². The number of nitrogens with two attached hydrogens (primary N) is 1. The summed E-state index contributed by atoms with van der Waals surface area (Å²) in [5.41, 5.74) is 5.12. The first-order chi connectivity index (χ1) is 8.32. The van der Waals surface area contributed by atoms with Gasteiger partial charge in [0, 0.05) is 4.88 Å². The predicted octanol–water partition coefficient (Wildman–Crippen LogP) is 2.07. The van der Waals surface area contributed by atoms with Gasteiger partial charge in [-0.25, -0.2) is 4.79 Å². The third-order valence-corrected chi connectivity index (χ3v) is 3.86. The maximum Gasteiger partial charge on any atom is 0.349 e. The van der Waals surface area contributed by atoms with Gasteiger partial charge in [-0.2, -0.15) is 0 Å². The van der Waals surface area contributed by atoms with Crippen molar-refractivity contribution in [3.63, 3.8) is 0 Å². The molecule has 1 amide bonds. The first kappa shape index (κ1) is 14.5. The lowest BCUT2D eigenvalue weighted by atomic mass is 10.2. The van der Waals surface area contributed by atoms with Crippen molar-refractivity contribution in [2.75, 3.05) is 6.61 Å². The average molecular weight is 271 g/mol. The quantitative estimate of drug-likeness (QED) is 0.828. The molecule has 1 unspecified atom stereocenters. The van der Waals surface area contributed by atoms with Gasteiger partial charge in [0.1, 0.15) is 5.75 Å². The molecule has 0 fully saturated rings. The lowest BCUT2D eigenvalue weighted by molar-refractivity contribution is -0.122. The zero-order valence-electron chi connectivity index (χ0n) is 10.6. The molecule has 0 aromatic carbocycles. The van der Waals surface area contributed by atoms with Gasteiger partial charge < -0.3 is 15.6 Å². The van der Waals surface area contributed by atoms with Crippen LogP contribution in [0.3, 0.4) is 0 Å². The molecule has 1 heterocycles. The SMILES string of the molecule is CC(COc1cc(C(C)C)sc1C(=O)O)C(N)=O. The molecule has 0 radical (unpaired) electrons. The van der Waals surface area contributed by atoms with E-state index in [0.29, 0.717) is 5.75 Å². The first-order valence-electron chi connectivity index (χ1n) is 5.62.